The molecule has 43 heavy (non-hydrogen) atoms. The van der Waals surface area contributed by atoms with Gasteiger partial charge < -0.3 is 9.13 Å². The monoisotopic (exact) mass is 548 g/mol. The van der Waals surface area contributed by atoms with Gasteiger partial charge in [0.05, 0.1) is 27.6 Å². The molecule has 0 unspecified atom stereocenters. The summed E-state index contributed by atoms with van der Waals surface area (Å²) in [6, 6.07) is 48.2. The van der Waals surface area contributed by atoms with Crippen LogP contribution in [0.15, 0.2) is 146 Å². The lowest BCUT2D eigenvalue weighted by Crippen LogP contribution is -1.95. The van der Waals surface area contributed by atoms with Crippen molar-refractivity contribution in [3.05, 3.63) is 146 Å². The van der Waals surface area contributed by atoms with Gasteiger partial charge >= 0.3 is 0 Å². The zero-order valence-corrected chi connectivity index (χ0v) is 23.1. The van der Waals surface area contributed by atoms with Crippen molar-refractivity contribution in [1.29, 1.82) is 0 Å². The molecule has 0 aliphatic carbocycles. The fourth-order valence-corrected chi connectivity index (χ4v) is 7.34. The first-order valence-corrected chi connectivity index (χ1v) is 14.7. The fourth-order valence-electron chi connectivity index (χ4n) is 7.34. The first kappa shape index (κ1) is 22.8. The average molecular weight is 549 g/mol. The molecule has 0 saturated heterocycles. The first-order valence-electron chi connectivity index (χ1n) is 14.7. The quantitative estimate of drug-likeness (QED) is 0.198. The molecule has 0 aliphatic rings. The molecule has 0 atom stereocenters. The molecule has 4 heterocycles. The van der Waals surface area contributed by atoms with Crippen molar-refractivity contribution in [2.24, 2.45) is 0 Å². The molecule has 0 saturated carbocycles. The van der Waals surface area contributed by atoms with E-state index < -0.39 is 0 Å². The molecular formula is C39H24N4. The smallest absolute Gasteiger partial charge is 0.145 e. The molecule has 6 aromatic carbocycles. The van der Waals surface area contributed by atoms with E-state index in [0.29, 0.717) is 0 Å². The molecule has 0 aliphatic heterocycles. The van der Waals surface area contributed by atoms with Crippen molar-refractivity contribution in [1.82, 2.24) is 18.5 Å². The minimum absolute atomic E-state index is 0.979. The van der Waals surface area contributed by atoms with Crippen LogP contribution in [0, 0.1) is 0 Å². The predicted octanol–water partition coefficient (Wildman–Crippen LogP) is 9.83. The Hall–Kier alpha value is -5.87. The Kier molecular flexibility index (Phi) is 4.42. The van der Waals surface area contributed by atoms with Gasteiger partial charge in [0.15, 0.2) is 0 Å². The van der Waals surface area contributed by atoms with Crippen molar-refractivity contribution in [2.75, 3.05) is 0 Å². The highest BCUT2D eigenvalue weighted by molar-refractivity contribution is 6.31. The van der Waals surface area contributed by atoms with Gasteiger partial charge in [-0.2, -0.15) is 0 Å². The Morgan fingerprint density at radius 3 is 1.72 bits per heavy atom. The van der Waals surface area contributed by atoms with Crippen molar-refractivity contribution in [3.63, 3.8) is 0 Å². The molecule has 0 fully saturated rings. The van der Waals surface area contributed by atoms with Crippen LogP contribution >= 0.6 is 0 Å². The number of benzene rings is 6. The van der Waals surface area contributed by atoms with Crippen LogP contribution in [0.5, 0.6) is 0 Å². The summed E-state index contributed by atoms with van der Waals surface area (Å²) in [5.74, 6) is 0. The second kappa shape index (κ2) is 8.34. The molecule has 0 spiro atoms. The average Bonchev–Trinajstić information content (AvgIpc) is 3.77. The number of para-hydroxylation sites is 4. The second-order valence-electron chi connectivity index (χ2n) is 11.3. The number of aromatic nitrogens is 4. The van der Waals surface area contributed by atoms with Crippen LogP contribution in [0.1, 0.15) is 0 Å². The summed E-state index contributed by atoms with van der Waals surface area (Å²) in [5.41, 5.74) is 9.25. The van der Waals surface area contributed by atoms with Crippen LogP contribution in [0.3, 0.4) is 0 Å². The Balaban J connectivity index is 1.48. The number of hydrogen-bond donors (Lipinski definition) is 0. The summed E-state index contributed by atoms with van der Waals surface area (Å²) in [5, 5.41) is 8.60. The Bertz CT molecular complexity index is 2700. The molecule has 4 nitrogen and oxygen atoms in total. The maximum atomic E-state index is 4.89. The van der Waals surface area contributed by atoms with E-state index in [0.717, 1.165) is 27.9 Å². The summed E-state index contributed by atoms with van der Waals surface area (Å²) in [4.78, 5) is 4.89. The van der Waals surface area contributed by atoms with Gasteiger partial charge in [0.2, 0.25) is 0 Å². The fraction of sp³-hybridized carbons (Fsp3) is 0. The minimum Gasteiger partial charge on any atom is -0.309 e. The SMILES string of the molecule is c1ccc(-n2c3ccccc3c3cc4c(cc32)c2c3c5ccccc5n(-c5ccccc5)c3ccc2n2ccnc42)cc1. The number of rotatable bonds is 2. The number of hydrogen-bond acceptors (Lipinski definition) is 1. The van der Waals surface area contributed by atoms with Gasteiger partial charge in [-0.3, -0.25) is 4.40 Å². The van der Waals surface area contributed by atoms with E-state index in [-0.39, 0.29) is 0 Å². The Labute approximate surface area is 246 Å². The molecule has 0 radical (unpaired) electrons. The lowest BCUT2D eigenvalue weighted by Gasteiger charge is -2.13. The summed E-state index contributed by atoms with van der Waals surface area (Å²) in [6.07, 6.45) is 4.01. The zero-order chi connectivity index (χ0) is 28.1. The van der Waals surface area contributed by atoms with E-state index in [1.807, 2.05) is 6.20 Å². The van der Waals surface area contributed by atoms with E-state index in [1.165, 1.54) is 54.4 Å². The third kappa shape index (κ3) is 2.97. The van der Waals surface area contributed by atoms with E-state index in [1.54, 1.807) is 0 Å². The van der Waals surface area contributed by atoms with Crippen molar-refractivity contribution >= 4 is 70.9 Å². The van der Waals surface area contributed by atoms with Crippen LogP contribution < -0.4 is 0 Å². The number of imidazole rings is 1. The maximum absolute atomic E-state index is 4.89. The molecule has 4 aromatic heterocycles. The normalized spacial score (nSPS) is 12.2. The number of fused-ring (bicyclic) bond motifs is 13. The lowest BCUT2D eigenvalue weighted by molar-refractivity contribution is 1.18. The van der Waals surface area contributed by atoms with Crippen LogP contribution in [0.25, 0.3) is 82.3 Å². The van der Waals surface area contributed by atoms with Crippen LogP contribution in [-0.2, 0) is 0 Å². The highest BCUT2D eigenvalue weighted by Crippen LogP contribution is 2.43. The van der Waals surface area contributed by atoms with Gasteiger partial charge in [0.1, 0.15) is 5.65 Å². The zero-order valence-electron chi connectivity index (χ0n) is 23.1. The molecule has 0 amide bonds. The van der Waals surface area contributed by atoms with Gasteiger partial charge in [-0.25, -0.2) is 4.98 Å². The van der Waals surface area contributed by atoms with E-state index in [4.69, 9.17) is 4.98 Å². The highest BCUT2D eigenvalue weighted by Gasteiger charge is 2.21. The summed E-state index contributed by atoms with van der Waals surface area (Å²) >= 11 is 0. The Morgan fingerprint density at radius 1 is 0.395 bits per heavy atom. The van der Waals surface area contributed by atoms with Crippen LogP contribution in [0.2, 0.25) is 0 Å². The summed E-state index contributed by atoms with van der Waals surface area (Å²) < 4.78 is 7.06. The van der Waals surface area contributed by atoms with Crippen LogP contribution in [0.4, 0.5) is 0 Å². The van der Waals surface area contributed by atoms with Crippen LogP contribution in [-0.4, -0.2) is 18.5 Å². The van der Waals surface area contributed by atoms with E-state index in [9.17, 15) is 0 Å². The predicted molar refractivity (Wildman–Crippen MR) is 179 cm³/mol. The summed E-state index contributed by atoms with van der Waals surface area (Å²) in [7, 11) is 0. The molecule has 200 valence electrons. The molecule has 0 N–H and O–H groups in total. The molecule has 0 bridgehead atoms. The highest BCUT2D eigenvalue weighted by atomic mass is 15.0. The third-order valence-electron chi connectivity index (χ3n) is 9.07. The number of nitrogens with zero attached hydrogens (tertiary/aromatic N) is 4. The van der Waals surface area contributed by atoms with Gasteiger partial charge in [0.25, 0.3) is 0 Å². The van der Waals surface area contributed by atoms with E-state index in [2.05, 4.69) is 153 Å². The third-order valence-corrected chi connectivity index (χ3v) is 9.07. The first-order chi connectivity index (χ1) is 21.4. The molecular weight excluding hydrogens is 524 g/mol. The van der Waals surface area contributed by atoms with Crippen molar-refractivity contribution in [2.45, 2.75) is 0 Å². The molecule has 4 heteroatoms. The van der Waals surface area contributed by atoms with Gasteiger partial charge in [0, 0.05) is 56.1 Å². The van der Waals surface area contributed by atoms with Gasteiger partial charge in [-0.1, -0.05) is 72.8 Å². The minimum atomic E-state index is 0.979. The standard InChI is InChI=1S/C39H24N4/c1-3-11-25(12-4-1)42-33-18-10-8-16-28(33)37-35(42)20-19-34-38(37)30-24-36-29(23-31(30)39-40-21-22-41(34)39)27-15-7-9-17-32(27)43(36)26-13-5-2-6-14-26/h1-24H. The second-order valence-corrected chi connectivity index (χ2v) is 11.3. The maximum Gasteiger partial charge on any atom is 0.145 e. The number of pyridine rings is 1. The lowest BCUT2D eigenvalue weighted by atomic mass is 9.99. The van der Waals surface area contributed by atoms with Gasteiger partial charge in [-0.15, -0.1) is 0 Å². The van der Waals surface area contributed by atoms with Crippen molar-refractivity contribution < 1.29 is 0 Å². The van der Waals surface area contributed by atoms with Crippen molar-refractivity contribution in [3.8, 4) is 11.4 Å². The Morgan fingerprint density at radius 2 is 0.977 bits per heavy atom. The summed E-state index contributed by atoms with van der Waals surface area (Å²) in [6.45, 7) is 0. The topological polar surface area (TPSA) is 27.2 Å². The molecule has 10 rings (SSSR count). The largest absolute Gasteiger partial charge is 0.309 e. The molecule has 10 aromatic rings. The van der Waals surface area contributed by atoms with E-state index >= 15 is 0 Å². The van der Waals surface area contributed by atoms with Gasteiger partial charge in [-0.05, 0) is 66.0 Å².